The van der Waals surface area contributed by atoms with Crippen LogP contribution in [0, 0.1) is 0 Å². The zero-order valence-electron chi connectivity index (χ0n) is 36.9. The fraction of sp³-hybridized carbons (Fsp3) is 0.277. The Morgan fingerprint density at radius 1 is 0.897 bits per heavy atom. The van der Waals surface area contributed by atoms with E-state index in [0.717, 1.165) is 11.3 Å². The number of halogens is 1. The summed E-state index contributed by atoms with van der Waals surface area (Å²) in [5.74, 6) is -4.36. The molecule has 2 saturated heterocycles. The summed E-state index contributed by atoms with van der Waals surface area (Å²) < 4.78 is 37.6. The molecule has 0 spiro atoms. The summed E-state index contributed by atoms with van der Waals surface area (Å²) in [5, 5.41) is 30.7. The fourth-order valence-electron chi connectivity index (χ4n) is 8.77. The smallest absolute Gasteiger partial charge is 0.349 e. The van der Waals surface area contributed by atoms with E-state index < -0.39 is 52.0 Å². The minimum atomic E-state index is -3.83. The van der Waals surface area contributed by atoms with Gasteiger partial charge in [-0.1, -0.05) is 35.9 Å². The Morgan fingerprint density at radius 3 is 2.32 bits per heavy atom. The molecule has 354 valence electrons. The number of aliphatic carboxylic acids is 1. The lowest BCUT2D eigenvalue weighted by atomic mass is 9.89. The molecule has 2 aromatic heterocycles. The van der Waals surface area contributed by atoms with Gasteiger partial charge in [0.25, 0.3) is 5.91 Å². The Hall–Kier alpha value is -7.00. The number of nitrogens with zero attached hydrogens (tertiary/aromatic N) is 3. The highest BCUT2D eigenvalue weighted by atomic mass is 35.5. The number of sulfonamides is 1. The maximum Gasteiger partial charge on any atom is 0.349 e. The summed E-state index contributed by atoms with van der Waals surface area (Å²) in [4.78, 5) is 74.0. The van der Waals surface area contributed by atoms with Crippen LogP contribution in [0.15, 0.2) is 95.8 Å². The van der Waals surface area contributed by atoms with Crippen LogP contribution in [0.25, 0.3) is 21.5 Å². The first kappa shape index (κ1) is 47.5. The molecule has 0 aliphatic carbocycles. The van der Waals surface area contributed by atoms with E-state index in [4.69, 9.17) is 21.4 Å². The lowest BCUT2D eigenvalue weighted by molar-refractivity contribution is -0.139. The average molecular weight is 985 g/mol. The number of imidazole rings is 1. The highest BCUT2D eigenvalue weighted by Crippen LogP contribution is 2.46. The molecule has 0 bridgehead atoms. The number of hydrogen-bond donors (Lipinski definition) is 6. The Labute approximate surface area is 398 Å². The number of fused-ring (bicyclic) bond motifs is 1. The Kier molecular flexibility index (Phi) is 13.2. The second kappa shape index (κ2) is 18.9. The third kappa shape index (κ3) is 9.98. The van der Waals surface area contributed by atoms with Crippen LogP contribution in [0.3, 0.4) is 0 Å². The monoisotopic (exact) mass is 983 g/mol. The summed E-state index contributed by atoms with van der Waals surface area (Å²) in [6.07, 6.45) is 1.32. The van der Waals surface area contributed by atoms with Crippen molar-refractivity contribution in [1.82, 2.24) is 18.8 Å². The van der Waals surface area contributed by atoms with E-state index in [-0.39, 0.29) is 58.4 Å². The van der Waals surface area contributed by atoms with Crippen molar-refractivity contribution in [2.45, 2.75) is 62.9 Å². The molecular weight excluding hydrogens is 938 g/mol. The van der Waals surface area contributed by atoms with Crippen LogP contribution in [0.5, 0.6) is 5.75 Å². The fourth-order valence-corrected chi connectivity index (χ4v) is 12.1. The van der Waals surface area contributed by atoms with Gasteiger partial charge in [0.1, 0.15) is 11.1 Å². The van der Waals surface area contributed by atoms with Gasteiger partial charge in [-0.05, 0) is 111 Å². The number of thiophene rings is 1. The lowest BCUT2D eigenvalue weighted by Gasteiger charge is -2.45. The number of benzene rings is 4. The van der Waals surface area contributed by atoms with Crippen molar-refractivity contribution in [3.63, 3.8) is 0 Å². The minimum Gasteiger partial charge on any atom is -0.479 e. The van der Waals surface area contributed by atoms with Gasteiger partial charge >= 0.3 is 17.6 Å². The SMILES string of the molecule is Cn1c(=O)n(C2CCC(=O)NC2=O)c2ccc(Nc3ccc(C(=O)Nc4cccc(CS(=O)(=O)N5CC[C@H](Nc6cccc(-c7sc(C(=O)O)c(OCC(=O)O)c7Cl)c6)CC5(C)C)c4)cc3)cc21. The number of carbonyl (C=O) groups excluding carboxylic acids is 3. The van der Waals surface area contributed by atoms with E-state index in [1.165, 1.54) is 13.4 Å². The molecule has 2 atom stereocenters. The number of imide groups is 1. The highest BCUT2D eigenvalue weighted by Gasteiger charge is 2.41. The van der Waals surface area contributed by atoms with Crippen LogP contribution in [0.4, 0.5) is 22.7 Å². The van der Waals surface area contributed by atoms with E-state index in [9.17, 15) is 42.3 Å². The normalized spacial score (nSPS) is 17.4. The molecule has 0 radical (unpaired) electrons. The van der Waals surface area contributed by atoms with Crippen LogP contribution in [-0.2, 0) is 37.2 Å². The summed E-state index contributed by atoms with van der Waals surface area (Å²) in [7, 11) is -2.22. The first-order chi connectivity index (χ1) is 32.3. The third-order valence-electron chi connectivity index (χ3n) is 11.9. The molecule has 4 heterocycles. The Morgan fingerprint density at radius 2 is 1.62 bits per heavy atom. The van der Waals surface area contributed by atoms with Gasteiger partial charge in [-0.25, -0.2) is 22.8 Å². The number of piperidine rings is 2. The largest absolute Gasteiger partial charge is 0.479 e. The molecule has 18 nitrogen and oxygen atoms in total. The van der Waals surface area contributed by atoms with Crippen molar-refractivity contribution in [3.05, 3.63) is 123 Å². The van der Waals surface area contributed by atoms with Crippen molar-refractivity contribution >= 4 is 96.4 Å². The van der Waals surface area contributed by atoms with E-state index in [2.05, 4.69) is 21.3 Å². The number of carboxylic acid groups (broad SMARTS) is 2. The van der Waals surface area contributed by atoms with Gasteiger partial charge in [-0.3, -0.25) is 28.8 Å². The first-order valence-corrected chi connectivity index (χ1v) is 24.2. The van der Waals surface area contributed by atoms with Gasteiger partial charge in [-0.15, -0.1) is 11.3 Å². The molecule has 6 N–H and O–H groups in total. The standard InChI is InChI=1S/C47H46ClN7O11S2/c1-47(2)23-33(50-31-9-5-7-28(21-31)41-39(48)40(66-24-38(57)58)42(67-41)45(61)62)18-19-54(47)68(64,65)25-26-6-4-8-30(20-26)51-43(59)27-10-12-29(13-11-27)49-32-14-15-34-36(22-32)53(3)46(63)55(34)35-16-17-37(56)52-44(35)60/h4-15,20-22,33,35,49-50H,16-19,23-25H2,1-3H3,(H,51,59)(H,57,58)(H,61,62)(H,52,56,60)/t33-,35?/m0/s1. The van der Waals surface area contributed by atoms with Gasteiger partial charge in [0.15, 0.2) is 17.2 Å². The minimum absolute atomic E-state index is 0.00864. The van der Waals surface area contributed by atoms with Crippen LogP contribution < -0.4 is 31.7 Å². The average Bonchev–Trinajstić information content (AvgIpc) is 3.74. The number of amides is 3. The van der Waals surface area contributed by atoms with E-state index in [0.29, 0.717) is 68.2 Å². The maximum absolute atomic E-state index is 14.0. The molecule has 6 aromatic rings. The second-order valence-corrected chi connectivity index (χ2v) is 20.5. The van der Waals surface area contributed by atoms with Crippen molar-refractivity contribution in [2.24, 2.45) is 7.05 Å². The predicted molar refractivity (Wildman–Crippen MR) is 258 cm³/mol. The molecule has 68 heavy (non-hydrogen) atoms. The molecule has 2 fully saturated rings. The number of ether oxygens (including phenoxy) is 1. The quantitative estimate of drug-likeness (QED) is 0.0566. The molecule has 0 saturated carbocycles. The van der Waals surface area contributed by atoms with Crippen molar-refractivity contribution in [3.8, 4) is 16.2 Å². The number of rotatable bonds is 15. The first-order valence-electron chi connectivity index (χ1n) is 21.4. The van der Waals surface area contributed by atoms with Crippen LogP contribution in [-0.4, -0.2) is 86.5 Å². The second-order valence-electron chi connectivity index (χ2n) is 17.2. The number of anilines is 4. The number of aromatic nitrogens is 2. The molecule has 2 aliphatic rings. The molecule has 1 unspecified atom stereocenters. The number of aromatic carboxylic acids is 1. The molecule has 2 aliphatic heterocycles. The summed E-state index contributed by atoms with van der Waals surface area (Å²) in [5.41, 5.74) is 3.87. The van der Waals surface area contributed by atoms with Gasteiger partial charge in [0.2, 0.25) is 21.8 Å². The van der Waals surface area contributed by atoms with E-state index in [1.807, 2.05) is 19.9 Å². The van der Waals surface area contributed by atoms with Gasteiger partial charge in [0, 0.05) is 59.9 Å². The number of nitrogens with one attached hydrogen (secondary N) is 4. The van der Waals surface area contributed by atoms with E-state index >= 15 is 0 Å². The summed E-state index contributed by atoms with van der Waals surface area (Å²) in [6, 6.07) is 25.0. The Balaban J connectivity index is 0.875. The number of hydrogen-bond acceptors (Lipinski definition) is 12. The molecule has 21 heteroatoms. The molecule has 4 aromatic carbocycles. The van der Waals surface area contributed by atoms with Crippen molar-refractivity contribution in [1.29, 1.82) is 0 Å². The van der Waals surface area contributed by atoms with Crippen molar-refractivity contribution < 1.29 is 47.3 Å². The maximum atomic E-state index is 14.0. The number of carbonyl (C=O) groups is 5. The third-order valence-corrected chi connectivity index (χ3v) is 15.6. The van der Waals surface area contributed by atoms with Crippen LogP contribution >= 0.6 is 22.9 Å². The number of aryl methyl sites for hydroxylation is 1. The van der Waals surface area contributed by atoms with E-state index in [1.54, 1.807) is 92.0 Å². The lowest BCUT2D eigenvalue weighted by Crippen LogP contribution is -2.55. The highest BCUT2D eigenvalue weighted by molar-refractivity contribution is 7.88. The zero-order valence-corrected chi connectivity index (χ0v) is 39.3. The van der Waals surface area contributed by atoms with Gasteiger partial charge < -0.3 is 30.9 Å². The van der Waals surface area contributed by atoms with Crippen molar-refractivity contribution in [2.75, 3.05) is 29.1 Å². The summed E-state index contributed by atoms with van der Waals surface area (Å²) >= 11 is 7.39. The van der Waals surface area contributed by atoms with Crippen LogP contribution in [0.2, 0.25) is 5.02 Å². The topological polar surface area (TPSA) is 247 Å². The van der Waals surface area contributed by atoms with Gasteiger partial charge in [0.05, 0.1) is 21.7 Å². The predicted octanol–water partition coefficient (Wildman–Crippen LogP) is 7.04. The van der Waals surface area contributed by atoms with Crippen LogP contribution in [0.1, 0.15) is 71.2 Å². The molecule has 8 rings (SSSR count). The molecule has 3 amide bonds. The summed E-state index contributed by atoms with van der Waals surface area (Å²) in [6.45, 7) is 3.22. The zero-order chi connectivity index (χ0) is 48.7. The number of carboxylic acids is 2. The Bertz CT molecular complexity index is 3180. The molecular formula is C47H46ClN7O11S2. The van der Waals surface area contributed by atoms with Gasteiger partial charge in [-0.2, -0.15) is 4.31 Å².